The van der Waals surface area contributed by atoms with E-state index in [-0.39, 0.29) is 31.8 Å². The van der Waals surface area contributed by atoms with Crippen molar-refractivity contribution >= 4 is 51.4 Å². The summed E-state index contributed by atoms with van der Waals surface area (Å²) in [5.74, 6) is -0.470. The van der Waals surface area contributed by atoms with E-state index in [1.165, 1.54) is 0 Å². The van der Waals surface area contributed by atoms with Crippen LogP contribution in [0.15, 0.2) is 18.2 Å². The van der Waals surface area contributed by atoms with E-state index in [2.05, 4.69) is 10.6 Å². The summed E-state index contributed by atoms with van der Waals surface area (Å²) in [6.45, 7) is 1.17. The molecule has 1 saturated heterocycles. The number of hydrogen-bond donors (Lipinski definition) is 2. The fraction of sp³-hybridized carbons (Fsp3) is 0.500. The summed E-state index contributed by atoms with van der Waals surface area (Å²) in [7, 11) is -3.51. The number of piperidine rings is 1. The number of amides is 1. The van der Waals surface area contributed by atoms with Crippen LogP contribution >= 0.6 is 35.6 Å². The maximum atomic E-state index is 12.5. The number of sulfone groups is 1. The van der Waals surface area contributed by atoms with E-state index in [0.29, 0.717) is 28.7 Å². The number of rotatable bonds is 4. The van der Waals surface area contributed by atoms with Crippen molar-refractivity contribution in [3.63, 3.8) is 0 Å². The number of halogens is 3. The number of hydrogen-bond acceptors (Lipinski definition) is 4. The molecular weight excluding hydrogens is 383 g/mol. The van der Waals surface area contributed by atoms with E-state index in [4.69, 9.17) is 23.2 Å². The molecular formula is C14H19Cl3N2O3S. The van der Waals surface area contributed by atoms with Crippen LogP contribution in [-0.2, 0) is 21.2 Å². The highest BCUT2D eigenvalue weighted by atomic mass is 35.5. The lowest BCUT2D eigenvalue weighted by Crippen LogP contribution is -2.57. The van der Waals surface area contributed by atoms with Crippen molar-refractivity contribution in [1.82, 2.24) is 10.6 Å². The van der Waals surface area contributed by atoms with Crippen LogP contribution in [0.25, 0.3) is 0 Å². The van der Waals surface area contributed by atoms with Crippen LogP contribution in [0.4, 0.5) is 0 Å². The Balaban J connectivity index is 0.00000264. The predicted octanol–water partition coefficient (Wildman–Crippen LogP) is 2.20. The summed E-state index contributed by atoms with van der Waals surface area (Å²) < 4.78 is 22.9. The SMILES string of the molecule is CS(=O)(=O)C1(C(=O)NCc2ccc(Cl)cc2Cl)CCNCC1.Cl. The average molecular weight is 402 g/mol. The molecule has 0 aromatic heterocycles. The maximum absolute atomic E-state index is 12.5. The van der Waals surface area contributed by atoms with Crippen LogP contribution in [0.2, 0.25) is 10.0 Å². The van der Waals surface area contributed by atoms with Gasteiger partial charge in [-0.1, -0.05) is 29.3 Å². The Labute approximate surface area is 152 Å². The normalized spacial score (nSPS) is 17.2. The Bertz CT molecular complexity index is 674. The fourth-order valence-corrected chi connectivity index (χ4v) is 4.43. The second-order valence-corrected chi connectivity index (χ2v) is 8.60. The van der Waals surface area contributed by atoms with Gasteiger partial charge in [-0.25, -0.2) is 8.42 Å². The minimum Gasteiger partial charge on any atom is -0.351 e. The number of nitrogens with one attached hydrogen (secondary N) is 2. The Kier molecular flexibility index (Phi) is 7.16. The lowest BCUT2D eigenvalue weighted by Gasteiger charge is -2.34. The molecule has 0 bridgehead atoms. The average Bonchev–Trinajstić information content (AvgIpc) is 2.45. The Morgan fingerprint density at radius 3 is 2.43 bits per heavy atom. The van der Waals surface area contributed by atoms with Gasteiger partial charge < -0.3 is 10.6 Å². The molecule has 0 radical (unpaired) electrons. The van der Waals surface area contributed by atoms with Gasteiger partial charge in [0.15, 0.2) is 14.6 Å². The van der Waals surface area contributed by atoms with Crippen LogP contribution in [0.5, 0.6) is 0 Å². The summed E-state index contributed by atoms with van der Waals surface area (Å²) in [6.07, 6.45) is 1.66. The van der Waals surface area contributed by atoms with Gasteiger partial charge in [-0.3, -0.25) is 4.79 Å². The summed E-state index contributed by atoms with van der Waals surface area (Å²) in [4.78, 5) is 12.5. The van der Waals surface area contributed by atoms with Gasteiger partial charge in [0.25, 0.3) is 0 Å². The molecule has 9 heteroatoms. The van der Waals surface area contributed by atoms with E-state index in [1.54, 1.807) is 18.2 Å². The van der Waals surface area contributed by atoms with Crippen molar-refractivity contribution in [2.45, 2.75) is 24.1 Å². The zero-order valence-corrected chi connectivity index (χ0v) is 15.7. The predicted molar refractivity (Wildman–Crippen MR) is 95.2 cm³/mol. The van der Waals surface area contributed by atoms with Gasteiger partial charge in [0.2, 0.25) is 5.91 Å². The van der Waals surface area contributed by atoms with E-state index < -0.39 is 20.5 Å². The van der Waals surface area contributed by atoms with Crippen molar-refractivity contribution in [1.29, 1.82) is 0 Å². The van der Waals surface area contributed by atoms with Gasteiger partial charge in [0.05, 0.1) is 0 Å². The first-order chi connectivity index (χ1) is 10.3. The van der Waals surface area contributed by atoms with Gasteiger partial charge in [0.1, 0.15) is 0 Å². The van der Waals surface area contributed by atoms with Crippen molar-refractivity contribution in [2.75, 3.05) is 19.3 Å². The van der Waals surface area contributed by atoms with Crippen LogP contribution in [-0.4, -0.2) is 38.4 Å². The molecule has 0 aliphatic carbocycles. The van der Waals surface area contributed by atoms with Crippen molar-refractivity contribution in [2.24, 2.45) is 0 Å². The Morgan fingerprint density at radius 2 is 1.91 bits per heavy atom. The minimum absolute atomic E-state index is 0. The van der Waals surface area contributed by atoms with Crippen molar-refractivity contribution < 1.29 is 13.2 Å². The molecule has 1 aliphatic heterocycles. The molecule has 2 N–H and O–H groups in total. The largest absolute Gasteiger partial charge is 0.351 e. The molecule has 1 aromatic rings. The van der Waals surface area contributed by atoms with Crippen LogP contribution in [0.1, 0.15) is 18.4 Å². The third-order valence-electron chi connectivity index (χ3n) is 3.99. The zero-order chi connectivity index (χ0) is 16.4. The van der Waals surface area contributed by atoms with Gasteiger partial charge in [-0.2, -0.15) is 0 Å². The smallest absolute Gasteiger partial charge is 0.241 e. The molecule has 130 valence electrons. The number of benzene rings is 1. The highest BCUT2D eigenvalue weighted by Gasteiger charge is 2.48. The molecule has 0 saturated carbocycles. The molecule has 0 spiro atoms. The molecule has 2 rings (SSSR count). The van der Waals surface area contributed by atoms with Gasteiger partial charge >= 0.3 is 0 Å². The molecule has 0 atom stereocenters. The topological polar surface area (TPSA) is 75.3 Å². The van der Waals surface area contributed by atoms with Crippen LogP contribution in [0.3, 0.4) is 0 Å². The van der Waals surface area contributed by atoms with E-state index >= 15 is 0 Å². The standard InChI is InChI=1S/C14H18Cl2N2O3S.ClH/c1-22(20,21)14(4-6-17-7-5-14)13(19)18-9-10-2-3-11(15)8-12(10)16;/h2-3,8,17H,4-7,9H2,1H3,(H,18,19);1H. The monoisotopic (exact) mass is 400 g/mol. The minimum atomic E-state index is -3.51. The molecule has 1 amide bonds. The quantitative estimate of drug-likeness (QED) is 0.811. The molecule has 1 fully saturated rings. The molecule has 1 heterocycles. The van der Waals surface area contributed by atoms with E-state index in [0.717, 1.165) is 6.26 Å². The lowest BCUT2D eigenvalue weighted by atomic mass is 9.95. The van der Waals surface area contributed by atoms with E-state index in [9.17, 15) is 13.2 Å². The Hall–Kier alpha value is -0.530. The maximum Gasteiger partial charge on any atom is 0.241 e. The molecule has 0 unspecified atom stereocenters. The Morgan fingerprint density at radius 1 is 1.30 bits per heavy atom. The molecule has 1 aromatic carbocycles. The number of carbonyl (C=O) groups is 1. The van der Waals surface area contributed by atoms with Gasteiger partial charge in [-0.15, -0.1) is 12.4 Å². The fourth-order valence-electron chi connectivity index (χ4n) is 2.60. The summed E-state index contributed by atoms with van der Waals surface area (Å²) in [6, 6.07) is 4.97. The number of carbonyl (C=O) groups excluding carboxylic acids is 1. The first kappa shape index (κ1) is 20.5. The highest BCUT2D eigenvalue weighted by molar-refractivity contribution is 7.92. The first-order valence-electron chi connectivity index (χ1n) is 6.89. The second kappa shape index (κ2) is 8.03. The first-order valence-corrected chi connectivity index (χ1v) is 9.53. The van der Waals surface area contributed by atoms with Crippen LogP contribution < -0.4 is 10.6 Å². The van der Waals surface area contributed by atoms with Gasteiger partial charge in [-0.05, 0) is 43.6 Å². The third-order valence-corrected chi connectivity index (χ3v) is 6.59. The molecule has 5 nitrogen and oxygen atoms in total. The van der Waals surface area contributed by atoms with Crippen molar-refractivity contribution in [3.05, 3.63) is 33.8 Å². The van der Waals surface area contributed by atoms with E-state index in [1.807, 2.05) is 0 Å². The lowest BCUT2D eigenvalue weighted by molar-refractivity contribution is -0.124. The van der Waals surface area contributed by atoms with Crippen molar-refractivity contribution in [3.8, 4) is 0 Å². The molecule has 23 heavy (non-hydrogen) atoms. The second-order valence-electron chi connectivity index (χ2n) is 5.43. The third kappa shape index (κ3) is 4.51. The van der Waals surface area contributed by atoms with Gasteiger partial charge in [0, 0.05) is 22.8 Å². The molecule has 1 aliphatic rings. The summed E-state index contributed by atoms with van der Waals surface area (Å²) in [5.41, 5.74) is 0.692. The summed E-state index contributed by atoms with van der Waals surface area (Å²) in [5, 5.41) is 6.72. The van der Waals surface area contributed by atoms with Crippen LogP contribution in [0, 0.1) is 0 Å². The zero-order valence-electron chi connectivity index (χ0n) is 12.6. The summed E-state index contributed by atoms with van der Waals surface area (Å²) >= 11 is 11.9. The highest BCUT2D eigenvalue weighted by Crippen LogP contribution is 2.28.